The minimum atomic E-state index is -0.564. The molecule has 3 aliphatic rings. The molecular weight excluding hydrogens is 521 g/mol. The van der Waals surface area contributed by atoms with Gasteiger partial charge in [0.25, 0.3) is 5.91 Å². The van der Waals surface area contributed by atoms with E-state index in [4.69, 9.17) is 4.74 Å². The van der Waals surface area contributed by atoms with Crippen molar-refractivity contribution in [2.24, 2.45) is 0 Å². The number of pyridine rings is 1. The molecule has 212 valence electrons. The van der Waals surface area contributed by atoms with E-state index in [2.05, 4.69) is 22.2 Å². The number of nitrogens with one attached hydrogen (secondary N) is 1. The lowest BCUT2D eigenvalue weighted by Gasteiger charge is -2.32. The highest BCUT2D eigenvalue weighted by Gasteiger charge is 2.30. The summed E-state index contributed by atoms with van der Waals surface area (Å²) in [5, 5.41) is 5.41. The number of piperazine rings is 1. The van der Waals surface area contributed by atoms with E-state index >= 15 is 4.39 Å². The third-order valence-corrected chi connectivity index (χ3v) is 8.67. The molecule has 0 bridgehead atoms. The number of nitrogens with zero attached hydrogens (tertiary/aromatic N) is 4. The van der Waals surface area contributed by atoms with Gasteiger partial charge in [-0.15, -0.1) is 0 Å². The minimum Gasteiger partial charge on any atom is -0.451 e. The van der Waals surface area contributed by atoms with Crippen molar-refractivity contribution in [2.45, 2.75) is 19.3 Å². The number of hydrogen-bond donors (Lipinski definition) is 1. The summed E-state index contributed by atoms with van der Waals surface area (Å²) < 4.78 is 24.0. The minimum absolute atomic E-state index is 0.0543. The second-order valence-corrected chi connectivity index (χ2v) is 11.4. The van der Waals surface area contributed by atoms with Crippen LogP contribution >= 0.6 is 0 Å². The number of likely N-dealkylation sites (N-methyl/N-ethyl adjacent to an activating group) is 1. The molecule has 2 fully saturated rings. The predicted molar refractivity (Wildman–Crippen MR) is 159 cm³/mol. The molecule has 1 amide bonds. The number of fused-ring (bicyclic) bond motifs is 3. The van der Waals surface area contributed by atoms with E-state index in [1.807, 2.05) is 41.0 Å². The molecule has 0 saturated carbocycles. The summed E-state index contributed by atoms with van der Waals surface area (Å²) in [6.07, 6.45) is 4.30. The van der Waals surface area contributed by atoms with E-state index in [0.29, 0.717) is 36.6 Å². The van der Waals surface area contributed by atoms with Crippen LogP contribution in [0.1, 0.15) is 29.6 Å². The molecule has 41 heavy (non-hydrogen) atoms. The smallest absolute Gasteiger partial charge is 0.259 e. The largest absolute Gasteiger partial charge is 0.451 e. The SMILES string of the molecule is CN1CCN(CCCNc2c(F)cc3c(=O)c(C(=O)N4CCCC4)cn4c3c2Oc2cc3ccccc3cc2-4)CC1. The Morgan fingerprint density at radius 1 is 1.00 bits per heavy atom. The highest BCUT2D eigenvalue weighted by molar-refractivity contribution is 6.02. The highest BCUT2D eigenvalue weighted by Crippen LogP contribution is 2.46. The number of benzene rings is 3. The summed E-state index contributed by atoms with van der Waals surface area (Å²) in [5.41, 5.74) is 1.01. The number of ether oxygens (including phenoxy) is 1. The molecule has 7 rings (SSSR count). The number of hydrogen-bond acceptors (Lipinski definition) is 6. The molecule has 4 heterocycles. The van der Waals surface area contributed by atoms with Gasteiger partial charge in [0.1, 0.15) is 16.8 Å². The molecule has 0 radical (unpaired) electrons. The normalized spacial score (nSPS) is 17.2. The standard InChI is InChI=1S/C32H34FN5O3/c1-35-13-15-36(16-14-35)10-6-9-34-28-25(33)19-23-29-31(28)41-27-18-22-8-3-2-7-21(22)17-26(27)38(29)20-24(30(23)39)32(40)37-11-4-5-12-37/h2-3,7-8,17-20,34H,4-6,9-16H2,1H3. The monoisotopic (exact) mass is 555 g/mol. The molecule has 8 nitrogen and oxygen atoms in total. The Kier molecular flexibility index (Phi) is 6.63. The second kappa shape index (κ2) is 10.5. The second-order valence-electron chi connectivity index (χ2n) is 11.4. The quantitative estimate of drug-likeness (QED) is 0.307. The predicted octanol–water partition coefficient (Wildman–Crippen LogP) is 4.67. The summed E-state index contributed by atoms with van der Waals surface area (Å²) in [6.45, 7) is 6.90. The number of carbonyl (C=O) groups is 1. The van der Waals surface area contributed by atoms with Crippen LogP contribution in [0.15, 0.2) is 53.5 Å². The van der Waals surface area contributed by atoms with Crippen molar-refractivity contribution in [3.63, 3.8) is 0 Å². The van der Waals surface area contributed by atoms with E-state index in [1.165, 1.54) is 6.07 Å². The molecule has 4 aromatic rings. The van der Waals surface area contributed by atoms with Gasteiger partial charge in [-0.2, -0.15) is 0 Å². The van der Waals surface area contributed by atoms with Crippen LogP contribution in [0, 0.1) is 5.82 Å². The maximum Gasteiger partial charge on any atom is 0.259 e. The molecule has 3 aromatic carbocycles. The lowest BCUT2D eigenvalue weighted by Crippen LogP contribution is -2.44. The van der Waals surface area contributed by atoms with Crippen LogP contribution in [0.25, 0.3) is 27.4 Å². The Labute approximate surface area is 237 Å². The molecule has 1 N–H and O–H groups in total. The van der Waals surface area contributed by atoms with Crippen molar-refractivity contribution in [3.8, 4) is 17.2 Å². The van der Waals surface area contributed by atoms with Gasteiger partial charge in [0, 0.05) is 52.0 Å². The van der Waals surface area contributed by atoms with Gasteiger partial charge in [-0.1, -0.05) is 24.3 Å². The van der Waals surface area contributed by atoms with Crippen LogP contribution < -0.4 is 15.5 Å². The summed E-state index contributed by atoms with van der Waals surface area (Å²) in [7, 11) is 2.14. The third-order valence-electron chi connectivity index (χ3n) is 8.67. The Morgan fingerprint density at radius 3 is 2.49 bits per heavy atom. The van der Waals surface area contributed by atoms with Crippen LogP contribution in [0.5, 0.6) is 11.5 Å². The van der Waals surface area contributed by atoms with E-state index in [9.17, 15) is 9.59 Å². The highest BCUT2D eigenvalue weighted by atomic mass is 19.1. The first-order chi connectivity index (χ1) is 20.0. The van der Waals surface area contributed by atoms with Gasteiger partial charge in [0.15, 0.2) is 17.3 Å². The summed E-state index contributed by atoms with van der Waals surface area (Å²) >= 11 is 0. The lowest BCUT2D eigenvalue weighted by molar-refractivity contribution is 0.0791. The van der Waals surface area contributed by atoms with Gasteiger partial charge in [-0.25, -0.2) is 4.39 Å². The lowest BCUT2D eigenvalue weighted by atomic mass is 10.0. The molecule has 0 aliphatic carbocycles. The molecule has 9 heteroatoms. The van der Waals surface area contributed by atoms with Crippen LogP contribution in [0.2, 0.25) is 0 Å². The van der Waals surface area contributed by atoms with E-state index in [0.717, 1.165) is 62.8 Å². The fourth-order valence-electron chi connectivity index (χ4n) is 6.30. The average Bonchev–Trinajstić information content (AvgIpc) is 3.52. The number of rotatable bonds is 6. The zero-order valence-electron chi connectivity index (χ0n) is 23.3. The topological polar surface area (TPSA) is 70.0 Å². The number of aromatic nitrogens is 1. The molecule has 0 spiro atoms. The van der Waals surface area contributed by atoms with Crippen LogP contribution in [-0.2, 0) is 0 Å². The first-order valence-electron chi connectivity index (χ1n) is 14.5. The van der Waals surface area contributed by atoms with Crippen molar-refractivity contribution in [1.29, 1.82) is 0 Å². The Hall–Kier alpha value is -3.95. The summed E-state index contributed by atoms with van der Waals surface area (Å²) in [5.74, 6) is -0.0442. The van der Waals surface area contributed by atoms with E-state index in [1.54, 1.807) is 11.1 Å². The fourth-order valence-corrected chi connectivity index (χ4v) is 6.30. The van der Waals surface area contributed by atoms with Crippen LogP contribution in [-0.4, -0.2) is 84.6 Å². The molecule has 0 atom stereocenters. The Balaban J connectivity index is 1.31. The van der Waals surface area contributed by atoms with Crippen LogP contribution in [0.4, 0.5) is 10.1 Å². The van der Waals surface area contributed by atoms with Crippen molar-refractivity contribution in [2.75, 3.05) is 64.7 Å². The Morgan fingerprint density at radius 2 is 1.73 bits per heavy atom. The zero-order valence-corrected chi connectivity index (χ0v) is 23.3. The van der Waals surface area contributed by atoms with Crippen molar-refractivity contribution < 1.29 is 13.9 Å². The first kappa shape index (κ1) is 26.0. The number of likely N-dealkylation sites (tertiary alicyclic amines) is 1. The molecule has 2 saturated heterocycles. The van der Waals surface area contributed by atoms with Crippen molar-refractivity contribution in [1.82, 2.24) is 19.3 Å². The number of halogens is 1. The first-order valence-corrected chi connectivity index (χ1v) is 14.5. The van der Waals surface area contributed by atoms with Gasteiger partial charge >= 0.3 is 0 Å². The zero-order chi connectivity index (χ0) is 28.1. The molecule has 1 aromatic heterocycles. The van der Waals surface area contributed by atoms with Gasteiger partial charge < -0.3 is 29.3 Å². The van der Waals surface area contributed by atoms with Crippen molar-refractivity contribution >= 4 is 33.3 Å². The van der Waals surface area contributed by atoms with E-state index in [-0.39, 0.29) is 28.3 Å². The van der Waals surface area contributed by atoms with Crippen LogP contribution in [0.3, 0.4) is 0 Å². The summed E-state index contributed by atoms with van der Waals surface area (Å²) in [4.78, 5) is 33.6. The molecule has 3 aliphatic heterocycles. The number of carbonyl (C=O) groups excluding carboxylic acids is 1. The van der Waals surface area contributed by atoms with E-state index < -0.39 is 11.2 Å². The van der Waals surface area contributed by atoms with Gasteiger partial charge in [-0.05, 0) is 61.8 Å². The molecular formula is C32H34FN5O3. The molecule has 0 unspecified atom stereocenters. The fraction of sp³-hybridized carbons (Fsp3) is 0.375. The number of anilines is 1. The average molecular weight is 556 g/mol. The van der Waals surface area contributed by atoms with Gasteiger partial charge in [0.05, 0.1) is 11.1 Å². The maximum absolute atomic E-state index is 15.8. The van der Waals surface area contributed by atoms with Crippen molar-refractivity contribution in [3.05, 3.63) is 70.3 Å². The Bertz CT molecular complexity index is 1720. The van der Waals surface area contributed by atoms with Gasteiger partial charge in [-0.3, -0.25) is 9.59 Å². The third kappa shape index (κ3) is 4.63. The summed E-state index contributed by atoms with van der Waals surface area (Å²) in [6, 6.07) is 13.1. The van der Waals surface area contributed by atoms with Gasteiger partial charge in [0.2, 0.25) is 5.43 Å². The number of amides is 1. The maximum atomic E-state index is 15.8.